The van der Waals surface area contributed by atoms with Crippen molar-refractivity contribution in [2.24, 2.45) is 23.7 Å². The minimum atomic E-state index is -0.210. The highest BCUT2D eigenvalue weighted by Crippen LogP contribution is 2.37. The zero-order chi connectivity index (χ0) is 24.2. The highest BCUT2D eigenvalue weighted by Gasteiger charge is 2.38. The molecule has 5 rings (SSSR count). The van der Waals surface area contributed by atoms with Gasteiger partial charge >= 0.3 is 6.01 Å². The lowest BCUT2D eigenvalue weighted by molar-refractivity contribution is 0.0945. The smallest absolute Gasteiger partial charge is 0.319 e. The first-order valence-electron chi connectivity index (χ1n) is 12.2. The van der Waals surface area contributed by atoms with Gasteiger partial charge in [-0.25, -0.2) is 9.97 Å². The number of nitrogen functional groups attached to an aromatic ring is 1. The van der Waals surface area contributed by atoms with Crippen LogP contribution >= 0.6 is 0 Å². The van der Waals surface area contributed by atoms with E-state index in [0.29, 0.717) is 54.7 Å². The summed E-state index contributed by atoms with van der Waals surface area (Å²) in [4.78, 5) is 31.8. The first kappa shape index (κ1) is 23.1. The van der Waals surface area contributed by atoms with Gasteiger partial charge in [0.25, 0.3) is 5.91 Å². The Morgan fingerprint density at radius 3 is 2.71 bits per heavy atom. The molecular weight excluding hydrogens is 448 g/mol. The minimum Gasteiger partial charge on any atom is -0.488 e. The molecule has 2 aliphatic carbocycles. The third-order valence-corrected chi connectivity index (χ3v) is 6.81. The molecule has 2 aromatic heterocycles. The number of aromatic nitrogens is 4. The zero-order valence-electron chi connectivity index (χ0n) is 19.6. The summed E-state index contributed by atoms with van der Waals surface area (Å²) in [6.45, 7) is 3.14. The van der Waals surface area contributed by atoms with E-state index in [9.17, 15) is 4.79 Å². The summed E-state index contributed by atoms with van der Waals surface area (Å²) < 4.78 is 11.6. The summed E-state index contributed by atoms with van der Waals surface area (Å²) >= 11 is 0. The minimum absolute atomic E-state index is 0.0403. The fourth-order valence-electron chi connectivity index (χ4n) is 4.15. The molecule has 1 amide bonds. The number of nitrogens with one attached hydrogen (secondary N) is 1. The summed E-state index contributed by atoms with van der Waals surface area (Å²) in [5.74, 6) is 2.50. The quantitative estimate of drug-likeness (QED) is 0.517. The lowest BCUT2D eigenvalue weighted by atomic mass is 9.98. The monoisotopic (exact) mass is 478 g/mol. The van der Waals surface area contributed by atoms with Gasteiger partial charge in [-0.2, -0.15) is 15.2 Å². The molecule has 0 unspecified atom stereocenters. The van der Waals surface area contributed by atoms with Crippen molar-refractivity contribution in [3.05, 3.63) is 24.3 Å². The van der Waals surface area contributed by atoms with Crippen molar-refractivity contribution in [1.29, 1.82) is 5.26 Å². The third kappa shape index (κ3) is 6.07. The molecule has 11 nitrogen and oxygen atoms in total. The second-order valence-electron chi connectivity index (χ2n) is 9.60. The first-order valence-corrected chi connectivity index (χ1v) is 12.2. The molecule has 11 heteroatoms. The van der Waals surface area contributed by atoms with Gasteiger partial charge < -0.3 is 25.4 Å². The van der Waals surface area contributed by atoms with Gasteiger partial charge in [-0.3, -0.25) is 4.79 Å². The standard InChI is InChI=1S/C24H30N8O3/c25-9-17-7-18(17)13-35-24-30-19(23(33)28-10-15-1-2-15)8-21(31-24)32-5-3-16(4-6-32)12-34-20-11-27-14-29-22(20)26/h8,11,14-18H,1-7,10,12-13H2,(H,28,33)(H2,26,27,29)/t17-,18+/m0/s1. The van der Waals surface area contributed by atoms with E-state index < -0.39 is 0 Å². The molecule has 0 aromatic carbocycles. The van der Waals surface area contributed by atoms with Gasteiger partial charge in [0.1, 0.15) is 17.8 Å². The summed E-state index contributed by atoms with van der Waals surface area (Å²) in [5.41, 5.74) is 6.14. The maximum atomic E-state index is 12.8. The Morgan fingerprint density at radius 2 is 2.00 bits per heavy atom. The number of nitrogens with two attached hydrogens (primary N) is 1. The van der Waals surface area contributed by atoms with Crippen LogP contribution in [-0.4, -0.2) is 58.7 Å². The normalized spacial score (nSPS) is 21.7. The SMILES string of the molecule is N#C[C@@H]1C[C@@H]1COc1nc(C(=O)NCC2CC2)cc(N2CCC(COc3cncnc3N)CC2)n1. The average Bonchev–Trinajstić information content (AvgIpc) is 3.81. The number of amides is 1. The summed E-state index contributed by atoms with van der Waals surface area (Å²) in [5, 5.41) is 12.0. The molecule has 2 atom stereocenters. The number of rotatable bonds is 10. The van der Waals surface area contributed by atoms with E-state index in [0.717, 1.165) is 45.2 Å². The van der Waals surface area contributed by atoms with Crippen LogP contribution in [0.5, 0.6) is 11.8 Å². The molecule has 3 N–H and O–H groups in total. The molecule has 0 bridgehead atoms. The summed E-state index contributed by atoms with van der Waals surface area (Å²) in [6, 6.07) is 4.19. The fraction of sp³-hybridized carbons (Fsp3) is 0.583. The van der Waals surface area contributed by atoms with E-state index in [-0.39, 0.29) is 23.8 Å². The lowest BCUT2D eigenvalue weighted by Crippen LogP contribution is -2.36. The van der Waals surface area contributed by atoms with Crippen LogP contribution in [0.2, 0.25) is 0 Å². The predicted octanol–water partition coefficient (Wildman–Crippen LogP) is 1.82. The number of anilines is 2. The average molecular weight is 479 g/mol. The second-order valence-corrected chi connectivity index (χ2v) is 9.60. The van der Waals surface area contributed by atoms with Crippen LogP contribution < -0.4 is 25.4 Å². The van der Waals surface area contributed by atoms with E-state index in [4.69, 9.17) is 20.5 Å². The molecule has 2 aromatic rings. The van der Waals surface area contributed by atoms with Crippen molar-refractivity contribution in [3.63, 3.8) is 0 Å². The highest BCUT2D eigenvalue weighted by molar-refractivity contribution is 5.93. The number of nitrogens with zero attached hydrogens (tertiary/aromatic N) is 6. The summed E-state index contributed by atoms with van der Waals surface area (Å²) in [6.07, 6.45) is 7.94. The third-order valence-electron chi connectivity index (χ3n) is 6.81. The van der Waals surface area contributed by atoms with Crippen molar-refractivity contribution in [2.45, 2.75) is 32.1 Å². The Bertz CT molecular complexity index is 1090. The van der Waals surface area contributed by atoms with Crippen molar-refractivity contribution >= 4 is 17.5 Å². The zero-order valence-corrected chi connectivity index (χ0v) is 19.6. The van der Waals surface area contributed by atoms with E-state index in [1.807, 2.05) is 0 Å². The topological polar surface area (TPSA) is 152 Å². The molecule has 1 saturated heterocycles. The number of ether oxygens (including phenoxy) is 2. The van der Waals surface area contributed by atoms with Gasteiger partial charge in [0, 0.05) is 31.6 Å². The van der Waals surface area contributed by atoms with Crippen molar-refractivity contribution < 1.29 is 14.3 Å². The van der Waals surface area contributed by atoms with Crippen LogP contribution in [0.4, 0.5) is 11.6 Å². The van der Waals surface area contributed by atoms with Gasteiger partial charge in [0.15, 0.2) is 11.6 Å². The van der Waals surface area contributed by atoms with E-state index in [1.165, 1.54) is 6.33 Å². The molecule has 1 aliphatic heterocycles. The van der Waals surface area contributed by atoms with Crippen LogP contribution in [0.3, 0.4) is 0 Å². The van der Waals surface area contributed by atoms with E-state index >= 15 is 0 Å². The largest absolute Gasteiger partial charge is 0.488 e. The lowest BCUT2D eigenvalue weighted by Gasteiger charge is -2.32. The molecule has 3 aliphatic rings. The number of hydrogen-bond donors (Lipinski definition) is 2. The Labute approximate surface area is 204 Å². The Morgan fingerprint density at radius 1 is 1.17 bits per heavy atom. The van der Waals surface area contributed by atoms with Gasteiger partial charge in [0.2, 0.25) is 0 Å². The molecule has 2 saturated carbocycles. The van der Waals surface area contributed by atoms with Crippen molar-refractivity contribution in [3.8, 4) is 17.8 Å². The number of hydrogen-bond acceptors (Lipinski definition) is 10. The van der Waals surface area contributed by atoms with Gasteiger partial charge in [0.05, 0.1) is 31.4 Å². The number of carbonyl (C=O) groups is 1. The summed E-state index contributed by atoms with van der Waals surface area (Å²) in [7, 11) is 0. The second kappa shape index (κ2) is 10.3. The van der Waals surface area contributed by atoms with E-state index in [2.05, 4.69) is 36.2 Å². The van der Waals surface area contributed by atoms with E-state index in [1.54, 1.807) is 12.3 Å². The van der Waals surface area contributed by atoms with Crippen molar-refractivity contribution in [1.82, 2.24) is 25.3 Å². The van der Waals surface area contributed by atoms with Gasteiger partial charge in [-0.05, 0) is 43.9 Å². The Hall–Kier alpha value is -3.68. The number of nitriles is 1. The van der Waals surface area contributed by atoms with Crippen LogP contribution in [0.15, 0.2) is 18.6 Å². The number of piperidine rings is 1. The molecule has 35 heavy (non-hydrogen) atoms. The van der Waals surface area contributed by atoms with Crippen LogP contribution in [-0.2, 0) is 0 Å². The Balaban J connectivity index is 1.21. The molecule has 184 valence electrons. The highest BCUT2D eigenvalue weighted by atomic mass is 16.5. The van der Waals surface area contributed by atoms with Gasteiger partial charge in [-0.15, -0.1) is 0 Å². The molecule has 0 spiro atoms. The molecular formula is C24H30N8O3. The van der Waals surface area contributed by atoms with Crippen molar-refractivity contribution in [2.75, 3.05) is 43.5 Å². The van der Waals surface area contributed by atoms with Crippen LogP contribution in [0.1, 0.15) is 42.6 Å². The van der Waals surface area contributed by atoms with Crippen LogP contribution in [0, 0.1) is 35.0 Å². The Kier molecular flexibility index (Phi) is 6.79. The molecule has 3 fully saturated rings. The first-order chi connectivity index (χ1) is 17.1. The fourth-order valence-corrected chi connectivity index (χ4v) is 4.15. The number of carbonyl (C=O) groups excluding carboxylic acids is 1. The maximum Gasteiger partial charge on any atom is 0.319 e. The molecule has 3 heterocycles. The van der Waals surface area contributed by atoms with Crippen LogP contribution in [0.25, 0.3) is 0 Å². The van der Waals surface area contributed by atoms with Gasteiger partial charge in [-0.1, -0.05) is 0 Å². The molecule has 0 radical (unpaired) electrons. The maximum absolute atomic E-state index is 12.8. The predicted molar refractivity (Wildman–Crippen MR) is 127 cm³/mol.